The molecule has 0 saturated carbocycles. The third-order valence-corrected chi connectivity index (χ3v) is 2.90. The van der Waals surface area contributed by atoms with Crippen LogP contribution in [-0.2, 0) is 0 Å². The van der Waals surface area contributed by atoms with Gasteiger partial charge in [0, 0.05) is 13.2 Å². The molecule has 0 unspecified atom stereocenters. The number of aliphatic hydroxyl groups excluding tert-OH is 2. The number of rotatable bonds is 9. The number of aliphatic hydroxyl groups is 2. The maximum Gasteiger partial charge on any atom is 0.0459 e. The van der Waals surface area contributed by atoms with Crippen molar-refractivity contribution < 1.29 is 10.2 Å². The van der Waals surface area contributed by atoms with Gasteiger partial charge in [-0.2, -0.15) is 11.8 Å². The largest absolute Gasteiger partial charge is 0.396 e. The normalized spacial score (nSPS) is 13.2. The molecule has 0 aliphatic carbocycles. The van der Waals surface area contributed by atoms with Gasteiger partial charge in [0.1, 0.15) is 0 Å². The standard InChI is InChI=1S/C10H22O2S/c1-13-8-6-10(9-12)5-3-2-4-7-11/h10-12H,2-9H2,1H3/t10-/m1/s1. The summed E-state index contributed by atoms with van der Waals surface area (Å²) in [5.74, 6) is 1.62. The third kappa shape index (κ3) is 8.60. The van der Waals surface area contributed by atoms with Gasteiger partial charge in [-0.15, -0.1) is 0 Å². The molecule has 0 bridgehead atoms. The van der Waals surface area contributed by atoms with Crippen LogP contribution in [0.1, 0.15) is 32.1 Å². The van der Waals surface area contributed by atoms with E-state index in [1.54, 1.807) is 0 Å². The molecule has 0 spiro atoms. The predicted octanol–water partition coefficient (Wildman–Crippen LogP) is 1.90. The first-order valence-corrected chi connectivity index (χ1v) is 6.45. The van der Waals surface area contributed by atoms with Crippen LogP contribution in [0.5, 0.6) is 0 Å². The van der Waals surface area contributed by atoms with Crippen LogP contribution in [-0.4, -0.2) is 35.4 Å². The van der Waals surface area contributed by atoms with Crippen LogP contribution in [0.15, 0.2) is 0 Å². The molecule has 2 nitrogen and oxygen atoms in total. The molecule has 1 atom stereocenters. The fourth-order valence-electron chi connectivity index (χ4n) is 1.33. The molecule has 0 aromatic carbocycles. The van der Waals surface area contributed by atoms with Crippen molar-refractivity contribution >= 4 is 11.8 Å². The number of unbranched alkanes of at least 4 members (excludes halogenated alkanes) is 2. The Bertz CT molecular complexity index is 98.9. The van der Waals surface area contributed by atoms with Gasteiger partial charge < -0.3 is 10.2 Å². The molecule has 2 N–H and O–H groups in total. The van der Waals surface area contributed by atoms with Crippen molar-refractivity contribution in [1.29, 1.82) is 0 Å². The predicted molar refractivity (Wildman–Crippen MR) is 59.1 cm³/mol. The average Bonchev–Trinajstić information content (AvgIpc) is 2.17. The van der Waals surface area contributed by atoms with Crippen LogP contribution in [0.25, 0.3) is 0 Å². The van der Waals surface area contributed by atoms with Gasteiger partial charge in [0.25, 0.3) is 0 Å². The zero-order valence-corrected chi connectivity index (χ0v) is 9.35. The van der Waals surface area contributed by atoms with E-state index in [9.17, 15) is 0 Å². The molecular weight excluding hydrogens is 184 g/mol. The molecule has 0 heterocycles. The van der Waals surface area contributed by atoms with Gasteiger partial charge in [0.2, 0.25) is 0 Å². The van der Waals surface area contributed by atoms with Gasteiger partial charge in [-0.25, -0.2) is 0 Å². The van der Waals surface area contributed by atoms with E-state index in [4.69, 9.17) is 10.2 Å². The highest BCUT2D eigenvalue weighted by atomic mass is 32.2. The highest BCUT2D eigenvalue weighted by Crippen LogP contribution is 2.15. The van der Waals surface area contributed by atoms with Gasteiger partial charge >= 0.3 is 0 Å². The van der Waals surface area contributed by atoms with E-state index >= 15 is 0 Å². The van der Waals surface area contributed by atoms with E-state index in [0.717, 1.165) is 37.9 Å². The van der Waals surface area contributed by atoms with Gasteiger partial charge in [-0.3, -0.25) is 0 Å². The van der Waals surface area contributed by atoms with Crippen molar-refractivity contribution in [2.45, 2.75) is 32.1 Å². The van der Waals surface area contributed by atoms with E-state index in [1.165, 1.54) is 0 Å². The maximum absolute atomic E-state index is 9.05. The van der Waals surface area contributed by atoms with Gasteiger partial charge in [-0.1, -0.05) is 12.8 Å². The molecule has 0 fully saturated rings. The summed E-state index contributed by atoms with van der Waals surface area (Å²) in [7, 11) is 0. The van der Waals surface area contributed by atoms with Gasteiger partial charge in [0.05, 0.1) is 0 Å². The third-order valence-electron chi connectivity index (χ3n) is 2.26. The van der Waals surface area contributed by atoms with Gasteiger partial charge in [0.15, 0.2) is 0 Å². The molecular formula is C10H22O2S. The molecule has 0 aromatic heterocycles. The quantitative estimate of drug-likeness (QED) is 0.566. The number of hydrogen-bond acceptors (Lipinski definition) is 3. The number of hydrogen-bond donors (Lipinski definition) is 2. The first-order valence-electron chi connectivity index (χ1n) is 5.05. The van der Waals surface area contributed by atoms with Crippen LogP contribution in [0.3, 0.4) is 0 Å². The molecule has 0 aliphatic heterocycles. The summed E-state index contributed by atoms with van der Waals surface area (Å²) in [5, 5.41) is 17.6. The smallest absolute Gasteiger partial charge is 0.0459 e. The monoisotopic (exact) mass is 206 g/mol. The summed E-state index contributed by atoms with van der Waals surface area (Å²) in [4.78, 5) is 0. The zero-order valence-electron chi connectivity index (χ0n) is 8.54. The van der Waals surface area contributed by atoms with Crippen LogP contribution < -0.4 is 0 Å². The topological polar surface area (TPSA) is 40.5 Å². The Morgan fingerprint density at radius 2 is 1.85 bits per heavy atom. The lowest BCUT2D eigenvalue weighted by Crippen LogP contribution is -2.07. The minimum Gasteiger partial charge on any atom is -0.396 e. The van der Waals surface area contributed by atoms with Crippen molar-refractivity contribution in [2.75, 3.05) is 25.2 Å². The van der Waals surface area contributed by atoms with Crippen molar-refractivity contribution in [3.8, 4) is 0 Å². The zero-order chi connectivity index (χ0) is 9.94. The molecule has 13 heavy (non-hydrogen) atoms. The molecule has 0 radical (unpaired) electrons. The molecule has 0 aliphatic rings. The number of thioether (sulfide) groups is 1. The van der Waals surface area contributed by atoms with Crippen molar-refractivity contribution in [3.63, 3.8) is 0 Å². The summed E-state index contributed by atoms with van der Waals surface area (Å²) in [6.07, 6.45) is 7.46. The van der Waals surface area contributed by atoms with Crippen molar-refractivity contribution in [3.05, 3.63) is 0 Å². The van der Waals surface area contributed by atoms with E-state index in [2.05, 4.69) is 6.26 Å². The first-order chi connectivity index (χ1) is 6.35. The Balaban J connectivity index is 3.25. The first kappa shape index (κ1) is 13.3. The van der Waals surface area contributed by atoms with E-state index in [0.29, 0.717) is 19.1 Å². The Labute approximate surface area is 85.7 Å². The molecule has 0 aromatic rings. The summed E-state index contributed by atoms with van der Waals surface area (Å²) in [6, 6.07) is 0. The van der Waals surface area contributed by atoms with Crippen LogP contribution in [0, 0.1) is 5.92 Å². The Morgan fingerprint density at radius 1 is 1.08 bits per heavy atom. The second kappa shape index (κ2) is 10.4. The highest BCUT2D eigenvalue weighted by Gasteiger charge is 2.05. The summed E-state index contributed by atoms with van der Waals surface area (Å²) >= 11 is 1.84. The summed E-state index contributed by atoms with van der Waals surface area (Å²) in [5.41, 5.74) is 0. The fraction of sp³-hybridized carbons (Fsp3) is 1.00. The lowest BCUT2D eigenvalue weighted by atomic mass is 10.00. The van der Waals surface area contributed by atoms with Crippen LogP contribution >= 0.6 is 11.8 Å². The lowest BCUT2D eigenvalue weighted by molar-refractivity contribution is 0.210. The van der Waals surface area contributed by atoms with Crippen LogP contribution in [0.2, 0.25) is 0 Å². The SMILES string of the molecule is CSCC[C@H](CO)CCCCCO. The Hall–Kier alpha value is 0.270. The molecule has 80 valence electrons. The van der Waals surface area contributed by atoms with Crippen molar-refractivity contribution in [1.82, 2.24) is 0 Å². The van der Waals surface area contributed by atoms with Gasteiger partial charge in [-0.05, 0) is 37.2 Å². The Kier molecular flexibility index (Phi) is 10.6. The lowest BCUT2D eigenvalue weighted by Gasteiger charge is -2.12. The van der Waals surface area contributed by atoms with E-state index in [-0.39, 0.29) is 0 Å². The molecule has 0 rings (SSSR count). The van der Waals surface area contributed by atoms with Crippen molar-refractivity contribution in [2.24, 2.45) is 5.92 Å². The molecule has 0 amide bonds. The average molecular weight is 206 g/mol. The minimum absolute atomic E-state index is 0.300. The minimum atomic E-state index is 0.300. The fourth-order valence-corrected chi connectivity index (χ4v) is 1.90. The second-order valence-electron chi connectivity index (χ2n) is 3.40. The highest BCUT2D eigenvalue weighted by molar-refractivity contribution is 7.98. The second-order valence-corrected chi connectivity index (χ2v) is 4.39. The van der Waals surface area contributed by atoms with E-state index < -0.39 is 0 Å². The Morgan fingerprint density at radius 3 is 2.38 bits per heavy atom. The molecule has 0 saturated heterocycles. The maximum atomic E-state index is 9.05. The summed E-state index contributed by atoms with van der Waals surface area (Å²) < 4.78 is 0. The molecule has 3 heteroatoms. The van der Waals surface area contributed by atoms with Crippen LogP contribution in [0.4, 0.5) is 0 Å². The van der Waals surface area contributed by atoms with E-state index in [1.807, 2.05) is 11.8 Å². The summed E-state index contributed by atoms with van der Waals surface area (Å²) in [6.45, 7) is 0.619.